The predicted octanol–water partition coefficient (Wildman–Crippen LogP) is 2.32. The highest BCUT2D eigenvalue weighted by molar-refractivity contribution is 7.91. The number of carbonyl (C=O) groups excluding carboxylic acids is 1. The summed E-state index contributed by atoms with van der Waals surface area (Å²) in [5.74, 6) is 0.0147. The second-order valence-electron chi connectivity index (χ2n) is 6.94. The zero-order valence-corrected chi connectivity index (χ0v) is 17.7. The lowest BCUT2D eigenvalue weighted by atomic mass is 10.1. The van der Waals surface area contributed by atoms with E-state index in [0.717, 1.165) is 16.1 Å². The van der Waals surface area contributed by atoms with Gasteiger partial charge in [-0.1, -0.05) is 12.1 Å². The molecular weight excluding hydrogens is 408 g/mol. The van der Waals surface area contributed by atoms with Crippen LogP contribution in [0.1, 0.15) is 10.4 Å². The third-order valence-electron chi connectivity index (χ3n) is 4.96. The van der Waals surface area contributed by atoms with Crippen molar-refractivity contribution < 1.29 is 13.2 Å². The number of thiophene rings is 1. The molecule has 0 bridgehead atoms. The zero-order chi connectivity index (χ0) is 20.4. The van der Waals surface area contributed by atoms with Crippen molar-refractivity contribution in [3.63, 3.8) is 0 Å². The molecule has 1 saturated heterocycles. The number of aryl methyl sites for hydroxylation is 1. The van der Waals surface area contributed by atoms with E-state index >= 15 is 0 Å². The normalized spacial score (nSPS) is 15.6. The van der Waals surface area contributed by atoms with Crippen LogP contribution in [0.4, 0.5) is 0 Å². The first kappa shape index (κ1) is 19.8. The highest BCUT2D eigenvalue weighted by Crippen LogP contribution is 2.25. The molecule has 4 rings (SSSR count). The van der Waals surface area contributed by atoms with Crippen LogP contribution < -0.4 is 0 Å². The minimum absolute atomic E-state index is 0.0147. The fraction of sp³-hybridized carbons (Fsp3) is 0.300. The number of piperazine rings is 1. The Labute approximate surface area is 174 Å². The fourth-order valence-electron chi connectivity index (χ4n) is 3.33. The number of nitrogens with zero attached hydrogens (tertiary/aromatic N) is 4. The molecule has 0 saturated carbocycles. The van der Waals surface area contributed by atoms with E-state index in [0.29, 0.717) is 36.8 Å². The lowest BCUT2D eigenvalue weighted by Gasteiger charge is -2.33. The second-order valence-corrected chi connectivity index (χ2v) is 10.4. The van der Waals surface area contributed by atoms with Gasteiger partial charge in [-0.05, 0) is 42.8 Å². The van der Waals surface area contributed by atoms with E-state index in [9.17, 15) is 13.2 Å². The second kappa shape index (κ2) is 8.10. The van der Waals surface area contributed by atoms with Crippen molar-refractivity contribution in [1.82, 2.24) is 19.0 Å². The smallest absolute Gasteiger partial charge is 0.252 e. The van der Waals surface area contributed by atoms with Crippen LogP contribution in [0.25, 0.3) is 5.69 Å². The maximum atomic E-state index is 12.7. The van der Waals surface area contributed by atoms with Gasteiger partial charge in [0.1, 0.15) is 4.21 Å². The van der Waals surface area contributed by atoms with Gasteiger partial charge in [0.15, 0.2) is 0 Å². The summed E-state index contributed by atoms with van der Waals surface area (Å²) >= 11 is 1.28. The third-order valence-corrected chi connectivity index (χ3v) is 8.33. The summed E-state index contributed by atoms with van der Waals surface area (Å²) in [5, 5.41) is 4.19. The standard InChI is InChI=1S/C20H22N4O3S2/c1-16-3-8-20(28-16)29(26,27)23-13-11-22(12-14-23)19(25)15-17-4-6-18(7-5-17)24-10-2-9-21-24/h2-10H,11-15H2,1H3. The summed E-state index contributed by atoms with van der Waals surface area (Å²) in [4.78, 5) is 15.4. The number of hydrogen-bond acceptors (Lipinski definition) is 5. The Bertz CT molecular complexity index is 1080. The number of amides is 1. The van der Waals surface area contributed by atoms with Crippen LogP contribution in [0.2, 0.25) is 0 Å². The number of aromatic nitrogens is 2. The topological polar surface area (TPSA) is 75.5 Å². The molecule has 9 heteroatoms. The Hall–Kier alpha value is -2.49. The average molecular weight is 431 g/mol. The average Bonchev–Trinajstić information content (AvgIpc) is 3.41. The molecule has 0 spiro atoms. The Morgan fingerprint density at radius 1 is 1.07 bits per heavy atom. The van der Waals surface area contributed by atoms with Crippen molar-refractivity contribution in [2.45, 2.75) is 17.6 Å². The zero-order valence-electron chi connectivity index (χ0n) is 16.1. The van der Waals surface area contributed by atoms with Gasteiger partial charge in [0.05, 0.1) is 12.1 Å². The summed E-state index contributed by atoms with van der Waals surface area (Å²) in [5.41, 5.74) is 1.86. The molecule has 0 aliphatic carbocycles. The number of hydrogen-bond donors (Lipinski definition) is 0. The summed E-state index contributed by atoms with van der Waals surface area (Å²) in [6.07, 6.45) is 3.89. The molecule has 0 unspecified atom stereocenters. The highest BCUT2D eigenvalue weighted by atomic mass is 32.2. The van der Waals surface area contributed by atoms with E-state index in [4.69, 9.17) is 0 Å². The maximum Gasteiger partial charge on any atom is 0.252 e. The van der Waals surface area contributed by atoms with E-state index in [1.54, 1.807) is 21.8 Å². The van der Waals surface area contributed by atoms with Crippen LogP contribution in [-0.4, -0.2) is 59.5 Å². The largest absolute Gasteiger partial charge is 0.340 e. The summed E-state index contributed by atoms with van der Waals surface area (Å²) in [6.45, 7) is 3.36. The van der Waals surface area contributed by atoms with Gasteiger partial charge in [-0.2, -0.15) is 9.40 Å². The van der Waals surface area contributed by atoms with E-state index < -0.39 is 10.0 Å². The number of carbonyl (C=O) groups is 1. The molecule has 0 radical (unpaired) electrons. The van der Waals surface area contributed by atoms with Gasteiger partial charge >= 0.3 is 0 Å². The first-order chi connectivity index (χ1) is 13.9. The molecule has 2 aromatic heterocycles. The monoisotopic (exact) mass is 430 g/mol. The van der Waals surface area contributed by atoms with E-state index in [1.807, 2.05) is 49.5 Å². The Morgan fingerprint density at radius 3 is 2.38 bits per heavy atom. The van der Waals surface area contributed by atoms with Crippen LogP contribution in [0.5, 0.6) is 0 Å². The van der Waals surface area contributed by atoms with Gasteiger partial charge in [0.2, 0.25) is 5.91 Å². The van der Waals surface area contributed by atoms with Gasteiger partial charge in [-0.15, -0.1) is 11.3 Å². The molecule has 1 fully saturated rings. The minimum atomic E-state index is -3.47. The molecule has 0 N–H and O–H groups in total. The summed E-state index contributed by atoms with van der Waals surface area (Å²) in [6, 6.07) is 13.0. The van der Waals surface area contributed by atoms with Crippen molar-refractivity contribution >= 4 is 27.3 Å². The number of sulfonamides is 1. The number of benzene rings is 1. The van der Waals surface area contributed by atoms with Gasteiger partial charge < -0.3 is 4.90 Å². The Balaban J connectivity index is 1.34. The van der Waals surface area contributed by atoms with Crippen molar-refractivity contribution in [2.75, 3.05) is 26.2 Å². The highest BCUT2D eigenvalue weighted by Gasteiger charge is 2.30. The Morgan fingerprint density at radius 2 is 1.79 bits per heavy atom. The maximum absolute atomic E-state index is 12.7. The molecule has 1 aromatic carbocycles. The lowest BCUT2D eigenvalue weighted by Crippen LogP contribution is -2.50. The van der Waals surface area contributed by atoms with Crippen molar-refractivity contribution in [3.05, 3.63) is 65.3 Å². The van der Waals surface area contributed by atoms with Gasteiger partial charge in [0.25, 0.3) is 10.0 Å². The van der Waals surface area contributed by atoms with Crippen molar-refractivity contribution in [3.8, 4) is 5.69 Å². The minimum Gasteiger partial charge on any atom is -0.340 e. The first-order valence-corrected chi connectivity index (χ1v) is 11.6. The summed E-state index contributed by atoms with van der Waals surface area (Å²) in [7, 11) is -3.47. The van der Waals surface area contributed by atoms with Crippen molar-refractivity contribution in [1.29, 1.82) is 0 Å². The van der Waals surface area contributed by atoms with Gasteiger partial charge in [0, 0.05) is 43.4 Å². The SMILES string of the molecule is Cc1ccc(S(=O)(=O)N2CCN(C(=O)Cc3ccc(-n4cccn4)cc3)CC2)s1. The van der Waals surface area contributed by atoms with E-state index in [2.05, 4.69) is 5.10 Å². The predicted molar refractivity (Wildman–Crippen MR) is 112 cm³/mol. The molecule has 29 heavy (non-hydrogen) atoms. The van der Waals surface area contributed by atoms with E-state index in [1.165, 1.54) is 15.6 Å². The van der Waals surface area contributed by atoms with Crippen LogP contribution in [0, 0.1) is 6.92 Å². The molecule has 0 atom stereocenters. The lowest BCUT2D eigenvalue weighted by molar-refractivity contribution is -0.131. The molecule has 3 aromatic rings. The quantitative estimate of drug-likeness (QED) is 0.623. The van der Waals surface area contributed by atoms with Crippen LogP contribution in [-0.2, 0) is 21.2 Å². The molecule has 7 nitrogen and oxygen atoms in total. The molecule has 152 valence electrons. The third kappa shape index (κ3) is 4.26. The first-order valence-electron chi connectivity index (χ1n) is 9.37. The van der Waals surface area contributed by atoms with Gasteiger partial charge in [-0.3, -0.25) is 4.79 Å². The fourth-order valence-corrected chi connectivity index (χ4v) is 6.19. The molecule has 1 aliphatic rings. The van der Waals surface area contributed by atoms with Crippen LogP contribution >= 0.6 is 11.3 Å². The Kier molecular flexibility index (Phi) is 5.53. The van der Waals surface area contributed by atoms with Crippen molar-refractivity contribution in [2.24, 2.45) is 0 Å². The number of rotatable bonds is 5. The molecule has 1 aliphatic heterocycles. The molecule has 1 amide bonds. The van der Waals surface area contributed by atoms with E-state index in [-0.39, 0.29) is 5.91 Å². The molecular formula is C20H22N4O3S2. The van der Waals surface area contributed by atoms with Gasteiger partial charge in [-0.25, -0.2) is 13.1 Å². The van der Waals surface area contributed by atoms with Crippen LogP contribution in [0.3, 0.4) is 0 Å². The molecule has 3 heterocycles. The van der Waals surface area contributed by atoms with Crippen LogP contribution in [0.15, 0.2) is 59.1 Å². The summed E-state index contributed by atoms with van der Waals surface area (Å²) < 4.78 is 29.1.